The van der Waals surface area contributed by atoms with Crippen LogP contribution in [0.1, 0.15) is 12.0 Å². The summed E-state index contributed by atoms with van der Waals surface area (Å²) in [5.41, 5.74) is 7.98. The van der Waals surface area contributed by atoms with E-state index in [1.165, 1.54) is 25.1 Å². The number of hydrogen-bond acceptors (Lipinski definition) is 3. The molecule has 1 aliphatic rings. The van der Waals surface area contributed by atoms with E-state index in [0.29, 0.717) is 0 Å². The van der Waals surface area contributed by atoms with Gasteiger partial charge in [0.15, 0.2) is 0 Å². The quantitative estimate of drug-likeness (QED) is 0.748. The Hall–Kier alpha value is -1.06. The van der Waals surface area contributed by atoms with Crippen LogP contribution in [-0.4, -0.2) is 37.6 Å². The van der Waals surface area contributed by atoms with Crippen molar-refractivity contribution in [3.05, 3.63) is 29.8 Å². The van der Waals surface area contributed by atoms with Crippen LogP contribution in [0.4, 0.5) is 5.69 Å². The Morgan fingerprint density at radius 2 is 2.19 bits per heavy atom. The summed E-state index contributed by atoms with van der Waals surface area (Å²) >= 11 is 0. The van der Waals surface area contributed by atoms with Gasteiger partial charge >= 0.3 is 0 Å². The van der Waals surface area contributed by atoms with E-state index in [1.807, 2.05) is 12.1 Å². The Bertz CT molecular complexity index is 317. The summed E-state index contributed by atoms with van der Waals surface area (Å²) in [7, 11) is 0. The highest BCUT2D eigenvalue weighted by molar-refractivity contribution is 5.40. The third-order valence-corrected chi connectivity index (χ3v) is 3.10. The molecule has 0 saturated carbocycles. The lowest BCUT2D eigenvalue weighted by Crippen LogP contribution is -2.30. The average Bonchev–Trinajstić information content (AvgIpc) is 2.55. The Morgan fingerprint density at radius 1 is 1.25 bits per heavy atom. The molecule has 1 aliphatic heterocycles. The summed E-state index contributed by atoms with van der Waals surface area (Å²) in [5.74, 6) is 0. The second kappa shape index (κ2) is 5.87. The highest BCUT2D eigenvalue weighted by atomic mass is 15.1. The van der Waals surface area contributed by atoms with E-state index < -0.39 is 0 Å². The van der Waals surface area contributed by atoms with Gasteiger partial charge in [-0.2, -0.15) is 0 Å². The maximum atomic E-state index is 5.77. The summed E-state index contributed by atoms with van der Waals surface area (Å²) in [6.07, 6.45) is 2.36. The van der Waals surface area contributed by atoms with Gasteiger partial charge in [0.2, 0.25) is 0 Å². The van der Waals surface area contributed by atoms with Gasteiger partial charge in [-0.25, -0.2) is 0 Å². The molecular weight excluding hydrogens is 198 g/mol. The van der Waals surface area contributed by atoms with Crippen LogP contribution in [0, 0.1) is 0 Å². The van der Waals surface area contributed by atoms with Crippen molar-refractivity contribution >= 4 is 5.69 Å². The van der Waals surface area contributed by atoms with Crippen LogP contribution < -0.4 is 11.1 Å². The normalized spacial score (nSPS) is 18.2. The zero-order chi connectivity index (χ0) is 11.2. The molecule has 0 radical (unpaired) electrons. The zero-order valence-electron chi connectivity index (χ0n) is 9.78. The third kappa shape index (κ3) is 3.51. The number of nitrogens with two attached hydrogens (primary N) is 1. The number of benzene rings is 1. The van der Waals surface area contributed by atoms with Gasteiger partial charge in [0, 0.05) is 25.3 Å². The lowest BCUT2D eigenvalue weighted by molar-refractivity contribution is 0.296. The van der Waals surface area contributed by atoms with Crippen molar-refractivity contribution in [1.82, 2.24) is 10.2 Å². The van der Waals surface area contributed by atoms with Crippen molar-refractivity contribution < 1.29 is 0 Å². The van der Waals surface area contributed by atoms with Crippen molar-refractivity contribution in [3.8, 4) is 0 Å². The summed E-state index contributed by atoms with van der Waals surface area (Å²) < 4.78 is 0. The molecule has 0 bridgehead atoms. The fourth-order valence-electron chi connectivity index (χ4n) is 2.16. The standard InChI is InChI=1S/C13H21N3/c14-13-4-1-3-12(11-13)5-9-16-8-2-6-15-7-10-16/h1,3-4,11,15H,2,5-10,14H2. The van der Waals surface area contributed by atoms with Crippen LogP contribution in [0.5, 0.6) is 0 Å². The van der Waals surface area contributed by atoms with E-state index >= 15 is 0 Å². The Morgan fingerprint density at radius 3 is 3.06 bits per heavy atom. The van der Waals surface area contributed by atoms with Gasteiger partial charge in [-0.3, -0.25) is 0 Å². The summed E-state index contributed by atoms with van der Waals surface area (Å²) in [5, 5.41) is 3.42. The summed E-state index contributed by atoms with van der Waals surface area (Å²) in [4.78, 5) is 2.53. The molecule has 3 nitrogen and oxygen atoms in total. The van der Waals surface area contributed by atoms with Gasteiger partial charge < -0.3 is 16.0 Å². The molecule has 2 rings (SSSR count). The second-order valence-corrected chi connectivity index (χ2v) is 4.44. The lowest BCUT2D eigenvalue weighted by atomic mass is 10.1. The van der Waals surface area contributed by atoms with E-state index in [-0.39, 0.29) is 0 Å². The maximum Gasteiger partial charge on any atom is 0.0316 e. The van der Waals surface area contributed by atoms with Gasteiger partial charge in [0.1, 0.15) is 0 Å². The first-order valence-corrected chi connectivity index (χ1v) is 6.12. The molecule has 0 aliphatic carbocycles. The lowest BCUT2D eigenvalue weighted by Gasteiger charge is -2.19. The number of rotatable bonds is 3. The van der Waals surface area contributed by atoms with Crippen molar-refractivity contribution in [3.63, 3.8) is 0 Å². The molecule has 0 spiro atoms. The fraction of sp³-hybridized carbons (Fsp3) is 0.538. The zero-order valence-corrected chi connectivity index (χ0v) is 9.78. The molecule has 3 heteroatoms. The van der Waals surface area contributed by atoms with Crippen molar-refractivity contribution in [2.75, 3.05) is 38.5 Å². The van der Waals surface area contributed by atoms with Gasteiger partial charge in [-0.05, 0) is 43.6 Å². The Balaban J connectivity index is 1.81. The van der Waals surface area contributed by atoms with Gasteiger partial charge in [0.05, 0.1) is 0 Å². The summed E-state index contributed by atoms with van der Waals surface area (Å²) in [6.45, 7) is 5.81. The first-order chi connectivity index (χ1) is 7.84. The fourth-order valence-corrected chi connectivity index (χ4v) is 2.16. The average molecular weight is 219 g/mol. The minimum atomic E-state index is 0.870. The number of nitrogens with one attached hydrogen (secondary N) is 1. The van der Waals surface area contributed by atoms with Gasteiger partial charge in [0.25, 0.3) is 0 Å². The van der Waals surface area contributed by atoms with Crippen LogP contribution in [0.25, 0.3) is 0 Å². The van der Waals surface area contributed by atoms with Gasteiger partial charge in [-0.1, -0.05) is 12.1 Å². The highest BCUT2D eigenvalue weighted by Gasteiger charge is 2.07. The molecule has 0 atom stereocenters. The van der Waals surface area contributed by atoms with Gasteiger partial charge in [-0.15, -0.1) is 0 Å². The molecule has 0 unspecified atom stereocenters. The number of nitrogens with zero attached hydrogens (tertiary/aromatic N) is 1. The van der Waals surface area contributed by atoms with Crippen molar-refractivity contribution in [1.29, 1.82) is 0 Å². The first-order valence-electron chi connectivity index (χ1n) is 6.12. The van der Waals surface area contributed by atoms with E-state index in [1.54, 1.807) is 0 Å². The van der Waals surface area contributed by atoms with Crippen LogP contribution in [0.15, 0.2) is 24.3 Å². The number of anilines is 1. The van der Waals surface area contributed by atoms with E-state index in [9.17, 15) is 0 Å². The number of hydrogen-bond donors (Lipinski definition) is 2. The monoisotopic (exact) mass is 219 g/mol. The molecule has 1 aromatic rings. The predicted octanol–water partition coefficient (Wildman–Crippen LogP) is 1.11. The van der Waals surface area contributed by atoms with Crippen molar-refractivity contribution in [2.24, 2.45) is 0 Å². The minimum Gasteiger partial charge on any atom is -0.399 e. The molecular formula is C13H21N3. The Kier molecular flexibility index (Phi) is 4.19. The summed E-state index contributed by atoms with van der Waals surface area (Å²) in [6, 6.07) is 8.22. The third-order valence-electron chi connectivity index (χ3n) is 3.10. The minimum absolute atomic E-state index is 0.870. The molecule has 1 saturated heterocycles. The molecule has 16 heavy (non-hydrogen) atoms. The van der Waals surface area contributed by atoms with Crippen molar-refractivity contribution in [2.45, 2.75) is 12.8 Å². The van der Waals surface area contributed by atoms with E-state index in [0.717, 1.165) is 31.7 Å². The van der Waals surface area contributed by atoms with Crippen LogP contribution in [-0.2, 0) is 6.42 Å². The molecule has 1 heterocycles. The molecule has 1 aromatic carbocycles. The predicted molar refractivity (Wildman–Crippen MR) is 68.5 cm³/mol. The van der Waals surface area contributed by atoms with E-state index in [2.05, 4.69) is 22.3 Å². The first kappa shape index (κ1) is 11.4. The molecule has 3 N–H and O–H groups in total. The van der Waals surface area contributed by atoms with Crippen LogP contribution in [0.2, 0.25) is 0 Å². The molecule has 1 fully saturated rings. The van der Waals surface area contributed by atoms with E-state index in [4.69, 9.17) is 5.73 Å². The Labute approximate surface area is 97.6 Å². The SMILES string of the molecule is Nc1cccc(CCN2CCCNCC2)c1. The maximum absolute atomic E-state index is 5.77. The molecule has 0 amide bonds. The molecule has 88 valence electrons. The second-order valence-electron chi connectivity index (χ2n) is 4.44. The van der Waals surface area contributed by atoms with Crippen LogP contribution >= 0.6 is 0 Å². The largest absolute Gasteiger partial charge is 0.399 e. The number of nitrogen functional groups attached to an aromatic ring is 1. The molecule has 0 aromatic heterocycles. The van der Waals surface area contributed by atoms with Crippen LogP contribution in [0.3, 0.4) is 0 Å². The highest BCUT2D eigenvalue weighted by Crippen LogP contribution is 2.08. The smallest absolute Gasteiger partial charge is 0.0316 e. The topological polar surface area (TPSA) is 41.3 Å².